The summed E-state index contributed by atoms with van der Waals surface area (Å²) in [5.41, 5.74) is 4.50. The van der Waals surface area contributed by atoms with Crippen molar-refractivity contribution in [1.29, 1.82) is 0 Å². The molecule has 0 unspecified atom stereocenters. The van der Waals surface area contributed by atoms with Crippen LogP contribution in [0.15, 0.2) is 89.2 Å². The summed E-state index contributed by atoms with van der Waals surface area (Å²) < 4.78 is 7.59. The number of nitrogens with zero attached hydrogens (tertiary/aromatic N) is 2. The average Bonchev–Trinajstić information content (AvgIpc) is 3.17. The van der Waals surface area contributed by atoms with Gasteiger partial charge in [0.2, 0.25) is 0 Å². The summed E-state index contributed by atoms with van der Waals surface area (Å²) in [6.45, 7) is 0.849. The number of hydrogen-bond donors (Lipinski definition) is 0. The molecular weight excluding hydrogens is 400 g/mol. The van der Waals surface area contributed by atoms with Gasteiger partial charge in [-0.3, -0.25) is 0 Å². The molecule has 0 bridgehead atoms. The number of aryl methyl sites for hydroxylation is 1. The lowest BCUT2D eigenvalue weighted by Gasteiger charge is -2.10. The van der Waals surface area contributed by atoms with Crippen molar-refractivity contribution in [3.8, 4) is 17.0 Å². The zero-order chi connectivity index (χ0) is 20.1. The van der Waals surface area contributed by atoms with Crippen LogP contribution < -0.4 is 9.54 Å². The van der Waals surface area contributed by atoms with Crippen LogP contribution in [0, 0.1) is 0 Å². The fourth-order valence-corrected chi connectivity index (χ4v) is 4.22. The Bertz CT molecular complexity index is 1130. The van der Waals surface area contributed by atoms with Crippen LogP contribution in [0.2, 0.25) is 5.02 Å². The van der Waals surface area contributed by atoms with Crippen LogP contribution in [-0.2, 0) is 13.0 Å². The Kier molecular flexibility index (Phi) is 6.13. The predicted octanol–water partition coefficient (Wildman–Crippen LogP) is 6.35. The largest absolute Gasteiger partial charge is 0.497 e. The molecule has 0 atom stereocenters. The monoisotopic (exact) mass is 420 g/mol. The number of rotatable bonds is 6. The van der Waals surface area contributed by atoms with Gasteiger partial charge in [-0.1, -0.05) is 41.9 Å². The van der Waals surface area contributed by atoms with Gasteiger partial charge in [0.15, 0.2) is 4.80 Å². The molecule has 3 nitrogen and oxygen atoms in total. The van der Waals surface area contributed by atoms with E-state index in [4.69, 9.17) is 21.3 Å². The SMILES string of the molecule is COc1ccc(-c2csc(=Nc3ccc(Cl)cc3)n2CCc2ccccc2)cc1. The van der Waals surface area contributed by atoms with E-state index in [9.17, 15) is 0 Å². The summed E-state index contributed by atoms with van der Waals surface area (Å²) in [4.78, 5) is 5.84. The van der Waals surface area contributed by atoms with Gasteiger partial charge in [0.05, 0.1) is 18.5 Å². The fourth-order valence-electron chi connectivity index (χ4n) is 3.14. The molecule has 0 saturated heterocycles. The molecule has 0 aliphatic heterocycles. The van der Waals surface area contributed by atoms with Crippen molar-refractivity contribution < 1.29 is 4.74 Å². The Morgan fingerprint density at radius 2 is 1.66 bits per heavy atom. The highest BCUT2D eigenvalue weighted by atomic mass is 35.5. The second kappa shape index (κ2) is 9.12. The lowest BCUT2D eigenvalue weighted by Crippen LogP contribution is -2.17. The molecule has 1 heterocycles. The Hall–Kier alpha value is -2.82. The molecule has 0 saturated carbocycles. The van der Waals surface area contributed by atoms with E-state index in [-0.39, 0.29) is 0 Å². The quantitative estimate of drug-likeness (QED) is 0.356. The predicted molar refractivity (Wildman–Crippen MR) is 121 cm³/mol. The lowest BCUT2D eigenvalue weighted by molar-refractivity contribution is 0.415. The topological polar surface area (TPSA) is 26.5 Å². The number of benzene rings is 3. The minimum atomic E-state index is 0.714. The summed E-state index contributed by atoms with van der Waals surface area (Å²) in [7, 11) is 1.68. The Morgan fingerprint density at radius 1 is 0.931 bits per heavy atom. The molecule has 0 spiro atoms. The number of hydrogen-bond acceptors (Lipinski definition) is 3. The van der Waals surface area contributed by atoms with Gasteiger partial charge >= 0.3 is 0 Å². The van der Waals surface area contributed by atoms with E-state index in [1.54, 1.807) is 18.4 Å². The van der Waals surface area contributed by atoms with Crippen LogP contribution in [-0.4, -0.2) is 11.7 Å². The first-order valence-corrected chi connectivity index (χ1v) is 10.7. The Balaban J connectivity index is 1.74. The number of ether oxygens (including phenoxy) is 1. The molecule has 146 valence electrons. The van der Waals surface area contributed by atoms with Crippen molar-refractivity contribution >= 4 is 28.6 Å². The maximum absolute atomic E-state index is 6.02. The van der Waals surface area contributed by atoms with E-state index >= 15 is 0 Å². The number of aromatic nitrogens is 1. The summed E-state index contributed by atoms with van der Waals surface area (Å²) in [5.74, 6) is 0.853. The third kappa shape index (κ3) is 4.78. The normalized spacial score (nSPS) is 11.6. The molecule has 0 fully saturated rings. The van der Waals surface area contributed by atoms with Gasteiger partial charge in [-0.15, -0.1) is 11.3 Å². The molecule has 5 heteroatoms. The van der Waals surface area contributed by atoms with Crippen molar-refractivity contribution in [1.82, 2.24) is 4.57 Å². The molecular formula is C24H21ClN2OS. The third-order valence-electron chi connectivity index (χ3n) is 4.70. The van der Waals surface area contributed by atoms with Gasteiger partial charge in [0, 0.05) is 16.9 Å². The molecule has 0 amide bonds. The highest BCUT2D eigenvalue weighted by Gasteiger charge is 2.09. The second-order valence-electron chi connectivity index (χ2n) is 6.61. The van der Waals surface area contributed by atoms with Crippen molar-refractivity contribution in [2.45, 2.75) is 13.0 Å². The van der Waals surface area contributed by atoms with Crippen LogP contribution >= 0.6 is 22.9 Å². The summed E-state index contributed by atoms with van der Waals surface area (Å²) in [5, 5.41) is 2.88. The Morgan fingerprint density at radius 3 is 2.34 bits per heavy atom. The van der Waals surface area contributed by atoms with Crippen molar-refractivity contribution in [3.05, 3.63) is 99.6 Å². The van der Waals surface area contributed by atoms with E-state index in [2.05, 4.69) is 46.3 Å². The van der Waals surface area contributed by atoms with Gasteiger partial charge in [-0.2, -0.15) is 0 Å². The zero-order valence-electron chi connectivity index (χ0n) is 16.1. The molecule has 4 rings (SSSR count). The smallest absolute Gasteiger partial charge is 0.190 e. The first-order chi connectivity index (χ1) is 14.2. The molecule has 0 aliphatic carbocycles. The van der Waals surface area contributed by atoms with Gasteiger partial charge in [-0.05, 0) is 66.1 Å². The molecule has 29 heavy (non-hydrogen) atoms. The van der Waals surface area contributed by atoms with E-state index in [0.717, 1.165) is 40.5 Å². The maximum atomic E-state index is 6.02. The van der Waals surface area contributed by atoms with E-state index in [1.807, 2.05) is 42.5 Å². The first kappa shape index (κ1) is 19.5. The summed E-state index contributed by atoms with van der Waals surface area (Å²) in [6.07, 6.45) is 0.939. The molecule has 0 aliphatic rings. The van der Waals surface area contributed by atoms with E-state index in [1.165, 1.54) is 5.56 Å². The minimum Gasteiger partial charge on any atom is -0.497 e. The number of halogens is 1. The number of methoxy groups -OCH3 is 1. The van der Waals surface area contributed by atoms with E-state index < -0.39 is 0 Å². The molecule has 1 aromatic heterocycles. The van der Waals surface area contributed by atoms with Crippen LogP contribution in [0.5, 0.6) is 5.75 Å². The van der Waals surface area contributed by atoms with Crippen LogP contribution in [0.4, 0.5) is 5.69 Å². The number of thiazole rings is 1. The fraction of sp³-hybridized carbons (Fsp3) is 0.125. The van der Waals surface area contributed by atoms with Gasteiger partial charge in [0.1, 0.15) is 5.75 Å². The highest BCUT2D eigenvalue weighted by Crippen LogP contribution is 2.24. The van der Waals surface area contributed by atoms with Crippen LogP contribution in [0.25, 0.3) is 11.3 Å². The van der Waals surface area contributed by atoms with Gasteiger partial charge < -0.3 is 9.30 Å². The van der Waals surface area contributed by atoms with Gasteiger partial charge in [-0.25, -0.2) is 4.99 Å². The summed E-state index contributed by atoms with van der Waals surface area (Å²) in [6, 6.07) is 26.3. The molecule has 4 aromatic rings. The maximum Gasteiger partial charge on any atom is 0.190 e. The van der Waals surface area contributed by atoms with Crippen molar-refractivity contribution in [3.63, 3.8) is 0 Å². The van der Waals surface area contributed by atoms with Crippen LogP contribution in [0.1, 0.15) is 5.56 Å². The average molecular weight is 421 g/mol. The van der Waals surface area contributed by atoms with Crippen molar-refractivity contribution in [2.75, 3.05) is 7.11 Å². The summed E-state index contributed by atoms with van der Waals surface area (Å²) >= 11 is 7.67. The molecule has 3 aromatic carbocycles. The van der Waals surface area contributed by atoms with Gasteiger partial charge in [0.25, 0.3) is 0 Å². The van der Waals surface area contributed by atoms with E-state index in [0.29, 0.717) is 5.02 Å². The standard InChI is InChI=1S/C24H21ClN2OS/c1-28-22-13-7-19(8-14-22)23-17-29-24(26-21-11-9-20(25)10-12-21)27(23)16-15-18-5-3-2-4-6-18/h2-14,17H,15-16H2,1H3. The highest BCUT2D eigenvalue weighted by molar-refractivity contribution is 7.07. The zero-order valence-corrected chi connectivity index (χ0v) is 17.7. The van der Waals surface area contributed by atoms with Crippen molar-refractivity contribution in [2.24, 2.45) is 4.99 Å². The second-order valence-corrected chi connectivity index (χ2v) is 7.88. The lowest BCUT2D eigenvalue weighted by atomic mass is 10.1. The first-order valence-electron chi connectivity index (χ1n) is 9.40. The molecule has 0 N–H and O–H groups in total. The Labute approximate surface area is 179 Å². The molecule has 0 radical (unpaired) electrons. The third-order valence-corrected chi connectivity index (χ3v) is 5.82. The minimum absolute atomic E-state index is 0.714. The van der Waals surface area contributed by atoms with Crippen LogP contribution in [0.3, 0.4) is 0 Å².